The molecule has 20 heavy (non-hydrogen) atoms. The van der Waals surface area contributed by atoms with Gasteiger partial charge >= 0.3 is 0 Å². The highest BCUT2D eigenvalue weighted by Gasteiger charge is 2.29. The molecule has 0 bridgehead atoms. The van der Waals surface area contributed by atoms with Crippen LogP contribution in [0, 0.1) is 0 Å². The molecular weight excluding hydrogens is 250 g/mol. The van der Waals surface area contributed by atoms with Gasteiger partial charge in [0.25, 0.3) is 5.91 Å². The SMILES string of the molecule is CC(C)c1ccc2c(c1)NC(=O)C(c1ccccc1)O2. The van der Waals surface area contributed by atoms with E-state index in [1.807, 2.05) is 48.5 Å². The number of anilines is 1. The summed E-state index contributed by atoms with van der Waals surface area (Å²) < 4.78 is 5.85. The normalized spacial score (nSPS) is 17.4. The van der Waals surface area contributed by atoms with E-state index >= 15 is 0 Å². The second-order valence-electron chi connectivity index (χ2n) is 5.31. The van der Waals surface area contributed by atoms with Crippen molar-refractivity contribution in [2.75, 3.05) is 5.32 Å². The van der Waals surface area contributed by atoms with E-state index in [1.165, 1.54) is 5.56 Å². The largest absolute Gasteiger partial charge is 0.474 e. The van der Waals surface area contributed by atoms with Gasteiger partial charge < -0.3 is 10.1 Å². The van der Waals surface area contributed by atoms with Gasteiger partial charge in [-0.3, -0.25) is 4.79 Å². The van der Waals surface area contributed by atoms with Crippen LogP contribution in [0.25, 0.3) is 0 Å². The van der Waals surface area contributed by atoms with Crippen molar-refractivity contribution in [3.63, 3.8) is 0 Å². The Balaban J connectivity index is 1.94. The molecule has 0 saturated carbocycles. The number of hydrogen-bond donors (Lipinski definition) is 1. The number of carbonyl (C=O) groups is 1. The summed E-state index contributed by atoms with van der Waals surface area (Å²) >= 11 is 0. The van der Waals surface area contributed by atoms with Crippen molar-refractivity contribution in [3.8, 4) is 5.75 Å². The fourth-order valence-electron chi connectivity index (χ4n) is 2.33. The first-order valence-corrected chi connectivity index (χ1v) is 6.81. The van der Waals surface area contributed by atoms with Gasteiger partial charge in [0.15, 0.2) is 0 Å². The predicted octanol–water partition coefficient (Wildman–Crippen LogP) is 3.88. The molecule has 1 amide bonds. The van der Waals surface area contributed by atoms with Crippen molar-refractivity contribution in [1.29, 1.82) is 0 Å². The molecule has 1 N–H and O–H groups in total. The molecule has 0 radical (unpaired) electrons. The Labute approximate surface area is 118 Å². The van der Waals surface area contributed by atoms with Gasteiger partial charge in [-0.1, -0.05) is 50.2 Å². The first-order chi connectivity index (χ1) is 9.65. The second kappa shape index (κ2) is 5.00. The Morgan fingerprint density at radius 2 is 1.85 bits per heavy atom. The van der Waals surface area contributed by atoms with Crippen LogP contribution >= 0.6 is 0 Å². The summed E-state index contributed by atoms with van der Waals surface area (Å²) in [6, 6.07) is 15.5. The first-order valence-electron chi connectivity index (χ1n) is 6.81. The summed E-state index contributed by atoms with van der Waals surface area (Å²) in [6.45, 7) is 4.25. The average Bonchev–Trinajstić information content (AvgIpc) is 2.46. The maximum Gasteiger partial charge on any atom is 0.270 e. The molecule has 0 aromatic heterocycles. The molecule has 2 aromatic rings. The molecule has 0 fully saturated rings. The zero-order chi connectivity index (χ0) is 14.1. The standard InChI is InChI=1S/C17H17NO2/c1-11(2)13-8-9-15-14(10-13)18-17(19)16(20-15)12-6-4-3-5-7-12/h3-11,16H,1-2H3,(H,18,19). The highest BCUT2D eigenvalue weighted by atomic mass is 16.5. The molecule has 1 heterocycles. The fourth-order valence-corrected chi connectivity index (χ4v) is 2.33. The van der Waals surface area contributed by atoms with E-state index in [0.29, 0.717) is 5.92 Å². The average molecular weight is 267 g/mol. The smallest absolute Gasteiger partial charge is 0.270 e. The summed E-state index contributed by atoms with van der Waals surface area (Å²) in [6.07, 6.45) is -0.575. The second-order valence-corrected chi connectivity index (χ2v) is 5.31. The van der Waals surface area contributed by atoms with E-state index in [1.54, 1.807) is 0 Å². The lowest BCUT2D eigenvalue weighted by atomic mass is 10.0. The van der Waals surface area contributed by atoms with Gasteiger partial charge in [-0.05, 0) is 23.6 Å². The van der Waals surface area contributed by atoms with Crippen LogP contribution in [0.1, 0.15) is 37.0 Å². The Bertz CT molecular complexity index is 635. The van der Waals surface area contributed by atoms with Crippen LogP contribution in [-0.4, -0.2) is 5.91 Å². The Morgan fingerprint density at radius 1 is 1.10 bits per heavy atom. The molecule has 0 spiro atoms. The first kappa shape index (κ1) is 12.7. The van der Waals surface area contributed by atoms with E-state index in [0.717, 1.165) is 17.0 Å². The van der Waals surface area contributed by atoms with Gasteiger partial charge in [0.05, 0.1) is 5.69 Å². The molecule has 3 nitrogen and oxygen atoms in total. The summed E-state index contributed by atoms with van der Waals surface area (Å²) in [5, 5.41) is 2.94. The number of hydrogen-bond acceptors (Lipinski definition) is 2. The highest BCUT2D eigenvalue weighted by molar-refractivity contribution is 5.98. The molecule has 1 atom stereocenters. The predicted molar refractivity (Wildman–Crippen MR) is 79.0 cm³/mol. The minimum Gasteiger partial charge on any atom is -0.474 e. The van der Waals surface area contributed by atoms with Gasteiger partial charge in [-0.15, -0.1) is 0 Å². The lowest BCUT2D eigenvalue weighted by Crippen LogP contribution is -2.30. The van der Waals surface area contributed by atoms with Crippen LogP contribution < -0.4 is 10.1 Å². The molecular formula is C17H17NO2. The van der Waals surface area contributed by atoms with Crippen molar-refractivity contribution < 1.29 is 9.53 Å². The molecule has 3 rings (SSSR count). The van der Waals surface area contributed by atoms with Crippen molar-refractivity contribution in [3.05, 3.63) is 59.7 Å². The number of carbonyl (C=O) groups excluding carboxylic acids is 1. The Hall–Kier alpha value is -2.29. The van der Waals surface area contributed by atoms with Gasteiger partial charge in [-0.25, -0.2) is 0 Å². The number of ether oxygens (including phenoxy) is 1. The molecule has 1 aliphatic rings. The number of amides is 1. The van der Waals surface area contributed by atoms with Crippen LogP contribution in [0.2, 0.25) is 0 Å². The highest BCUT2D eigenvalue weighted by Crippen LogP contribution is 2.36. The van der Waals surface area contributed by atoms with E-state index < -0.39 is 6.10 Å². The molecule has 3 heteroatoms. The maximum atomic E-state index is 12.2. The van der Waals surface area contributed by atoms with Crippen LogP contribution in [0.3, 0.4) is 0 Å². The third kappa shape index (κ3) is 2.27. The lowest BCUT2D eigenvalue weighted by molar-refractivity contribution is -0.123. The topological polar surface area (TPSA) is 38.3 Å². The van der Waals surface area contributed by atoms with E-state index in [9.17, 15) is 4.79 Å². The van der Waals surface area contributed by atoms with Crippen molar-refractivity contribution in [2.45, 2.75) is 25.9 Å². The molecule has 1 unspecified atom stereocenters. The number of benzene rings is 2. The van der Waals surface area contributed by atoms with Gasteiger partial charge in [0.2, 0.25) is 6.10 Å². The van der Waals surface area contributed by atoms with E-state index in [2.05, 4.69) is 19.2 Å². The van der Waals surface area contributed by atoms with Crippen molar-refractivity contribution in [2.24, 2.45) is 0 Å². The van der Waals surface area contributed by atoms with Crippen LogP contribution in [-0.2, 0) is 4.79 Å². The fraction of sp³-hybridized carbons (Fsp3) is 0.235. The maximum absolute atomic E-state index is 12.2. The Kier molecular flexibility index (Phi) is 3.18. The van der Waals surface area contributed by atoms with Gasteiger partial charge in [0.1, 0.15) is 5.75 Å². The van der Waals surface area contributed by atoms with E-state index in [4.69, 9.17) is 4.74 Å². The number of fused-ring (bicyclic) bond motifs is 1. The van der Waals surface area contributed by atoms with E-state index in [-0.39, 0.29) is 5.91 Å². The molecule has 102 valence electrons. The zero-order valence-corrected chi connectivity index (χ0v) is 11.6. The lowest BCUT2D eigenvalue weighted by Gasteiger charge is -2.26. The molecule has 0 aliphatic carbocycles. The van der Waals surface area contributed by atoms with Crippen LogP contribution in [0.15, 0.2) is 48.5 Å². The minimum absolute atomic E-state index is 0.121. The van der Waals surface area contributed by atoms with Crippen LogP contribution in [0.4, 0.5) is 5.69 Å². The molecule has 0 saturated heterocycles. The molecule has 1 aliphatic heterocycles. The summed E-state index contributed by atoms with van der Waals surface area (Å²) in [4.78, 5) is 12.2. The minimum atomic E-state index is -0.575. The van der Waals surface area contributed by atoms with Crippen molar-refractivity contribution in [1.82, 2.24) is 0 Å². The number of nitrogens with one attached hydrogen (secondary N) is 1. The third-order valence-electron chi connectivity index (χ3n) is 3.51. The van der Waals surface area contributed by atoms with Crippen LogP contribution in [0.5, 0.6) is 5.75 Å². The summed E-state index contributed by atoms with van der Waals surface area (Å²) in [5.74, 6) is 1.02. The summed E-state index contributed by atoms with van der Waals surface area (Å²) in [5.41, 5.74) is 2.81. The quantitative estimate of drug-likeness (QED) is 0.896. The monoisotopic (exact) mass is 267 g/mol. The summed E-state index contributed by atoms with van der Waals surface area (Å²) in [7, 11) is 0. The number of rotatable bonds is 2. The van der Waals surface area contributed by atoms with Crippen molar-refractivity contribution >= 4 is 11.6 Å². The van der Waals surface area contributed by atoms with Gasteiger partial charge in [-0.2, -0.15) is 0 Å². The third-order valence-corrected chi connectivity index (χ3v) is 3.51. The Morgan fingerprint density at radius 3 is 2.55 bits per heavy atom. The zero-order valence-electron chi connectivity index (χ0n) is 11.6. The molecule has 2 aromatic carbocycles. The van der Waals surface area contributed by atoms with Gasteiger partial charge in [0, 0.05) is 5.56 Å².